The lowest BCUT2D eigenvalue weighted by molar-refractivity contribution is 0.390. The molecule has 0 aliphatic carbocycles. The van der Waals surface area contributed by atoms with E-state index in [1.165, 1.54) is 0 Å². The third kappa shape index (κ3) is 4.93. The van der Waals surface area contributed by atoms with Gasteiger partial charge in [-0.3, -0.25) is 0 Å². The number of benzene rings is 2. The number of methoxy groups -OCH3 is 1. The van der Waals surface area contributed by atoms with Crippen LogP contribution in [0.15, 0.2) is 58.8 Å². The summed E-state index contributed by atoms with van der Waals surface area (Å²) in [5.41, 5.74) is 5.04. The maximum Gasteiger partial charge on any atom is 0.258 e. The summed E-state index contributed by atoms with van der Waals surface area (Å²) < 4.78 is 11.3. The molecule has 1 aliphatic rings. The zero-order valence-electron chi connectivity index (χ0n) is 19.8. The first-order chi connectivity index (χ1) is 15.9. The van der Waals surface area contributed by atoms with Crippen LogP contribution in [-0.2, 0) is 0 Å². The normalized spacial score (nSPS) is 16.4. The van der Waals surface area contributed by atoms with Crippen molar-refractivity contribution in [3.8, 4) is 17.1 Å². The number of allylic oxidation sites excluding steroid dienone is 1. The number of aromatic nitrogens is 2. The van der Waals surface area contributed by atoms with Gasteiger partial charge in [-0.2, -0.15) is 4.98 Å². The van der Waals surface area contributed by atoms with Gasteiger partial charge < -0.3 is 19.5 Å². The van der Waals surface area contributed by atoms with E-state index in [0.717, 1.165) is 46.7 Å². The Morgan fingerprint density at radius 3 is 2.67 bits per heavy atom. The number of aryl methyl sites for hydroxylation is 1. The van der Waals surface area contributed by atoms with Crippen LogP contribution in [0.1, 0.15) is 50.3 Å². The fourth-order valence-electron chi connectivity index (χ4n) is 4.02. The molecule has 172 valence electrons. The third-order valence-corrected chi connectivity index (χ3v) is 6.22. The standard InChI is InChI=1S/C26H30N4O2S/c1-16(2)12-13-30-18(4)22(23(27-26(30)33)19-9-7-11-21(15-19)31-5)25-28-24(29-32-25)20-10-6-8-17(3)14-20/h6-11,14-16,23H,12-13H2,1-5H3,(H,27,33). The fourth-order valence-corrected chi connectivity index (χ4v) is 4.37. The van der Waals surface area contributed by atoms with Crippen LogP contribution in [0, 0.1) is 12.8 Å². The smallest absolute Gasteiger partial charge is 0.258 e. The first-order valence-corrected chi connectivity index (χ1v) is 11.6. The Kier molecular flexibility index (Phi) is 6.79. The van der Waals surface area contributed by atoms with Gasteiger partial charge in [0.2, 0.25) is 5.82 Å². The molecular weight excluding hydrogens is 432 g/mol. The van der Waals surface area contributed by atoms with E-state index in [1.807, 2.05) is 30.3 Å². The summed E-state index contributed by atoms with van der Waals surface area (Å²) in [6, 6.07) is 15.8. The number of rotatable bonds is 7. The Balaban J connectivity index is 1.80. The van der Waals surface area contributed by atoms with Gasteiger partial charge in [-0.15, -0.1) is 0 Å². The second-order valence-corrected chi connectivity index (χ2v) is 9.17. The lowest BCUT2D eigenvalue weighted by Gasteiger charge is -2.37. The Morgan fingerprint density at radius 1 is 1.15 bits per heavy atom. The van der Waals surface area contributed by atoms with Crippen molar-refractivity contribution in [1.82, 2.24) is 20.4 Å². The summed E-state index contributed by atoms with van der Waals surface area (Å²) in [5, 5.41) is 8.50. The van der Waals surface area contributed by atoms with Crippen molar-refractivity contribution in [2.45, 2.75) is 40.2 Å². The molecular formula is C26H30N4O2S. The largest absolute Gasteiger partial charge is 0.497 e. The lowest BCUT2D eigenvalue weighted by atomic mass is 9.94. The van der Waals surface area contributed by atoms with Crippen LogP contribution in [-0.4, -0.2) is 33.8 Å². The predicted molar refractivity (Wildman–Crippen MR) is 135 cm³/mol. The van der Waals surface area contributed by atoms with E-state index in [0.29, 0.717) is 22.7 Å². The number of hydrogen-bond donors (Lipinski definition) is 1. The highest BCUT2D eigenvalue weighted by Gasteiger charge is 2.34. The minimum Gasteiger partial charge on any atom is -0.497 e. The summed E-state index contributed by atoms with van der Waals surface area (Å²) in [7, 11) is 1.67. The summed E-state index contributed by atoms with van der Waals surface area (Å²) >= 11 is 5.78. The topological polar surface area (TPSA) is 63.4 Å². The van der Waals surface area contributed by atoms with Crippen LogP contribution in [0.4, 0.5) is 0 Å². The van der Waals surface area contributed by atoms with Crippen LogP contribution < -0.4 is 10.1 Å². The fraction of sp³-hybridized carbons (Fsp3) is 0.346. The summed E-state index contributed by atoms with van der Waals surface area (Å²) in [6.07, 6.45) is 1.02. The van der Waals surface area contributed by atoms with Crippen LogP contribution in [0.25, 0.3) is 17.0 Å². The van der Waals surface area contributed by atoms with Gasteiger partial charge >= 0.3 is 0 Å². The van der Waals surface area contributed by atoms with E-state index >= 15 is 0 Å². The number of nitrogens with one attached hydrogen (secondary N) is 1. The molecule has 1 aliphatic heterocycles. The molecule has 0 radical (unpaired) electrons. The molecule has 0 amide bonds. The van der Waals surface area contributed by atoms with Gasteiger partial charge in [-0.1, -0.05) is 54.9 Å². The number of nitrogens with zero attached hydrogens (tertiary/aromatic N) is 3. The lowest BCUT2D eigenvalue weighted by Crippen LogP contribution is -2.46. The minimum absolute atomic E-state index is 0.228. The van der Waals surface area contributed by atoms with E-state index in [-0.39, 0.29) is 6.04 Å². The Labute approximate surface area is 200 Å². The molecule has 1 aromatic heterocycles. The molecule has 1 atom stereocenters. The van der Waals surface area contributed by atoms with Gasteiger partial charge in [-0.25, -0.2) is 0 Å². The molecule has 4 rings (SSSR count). The molecule has 1 unspecified atom stereocenters. The zero-order valence-corrected chi connectivity index (χ0v) is 20.6. The first-order valence-electron chi connectivity index (χ1n) is 11.2. The third-order valence-electron chi connectivity index (χ3n) is 5.89. The molecule has 0 fully saturated rings. The van der Waals surface area contributed by atoms with E-state index in [9.17, 15) is 0 Å². The van der Waals surface area contributed by atoms with Crippen LogP contribution >= 0.6 is 12.2 Å². The Hall–Kier alpha value is -3.19. The van der Waals surface area contributed by atoms with E-state index in [1.54, 1.807) is 7.11 Å². The van der Waals surface area contributed by atoms with Crippen molar-refractivity contribution < 1.29 is 9.26 Å². The Bertz CT molecular complexity index is 1180. The van der Waals surface area contributed by atoms with Gasteiger partial charge in [-0.05, 0) is 62.2 Å². The molecule has 2 heterocycles. The molecule has 3 aromatic rings. The molecule has 0 saturated heterocycles. The first kappa shape index (κ1) is 23.0. The SMILES string of the molecule is COc1cccc(C2NC(=S)N(CCC(C)C)C(C)=C2c2nc(-c3cccc(C)c3)no2)c1. The second-order valence-electron chi connectivity index (χ2n) is 8.78. The molecule has 7 heteroatoms. The molecule has 0 bridgehead atoms. The van der Waals surface area contributed by atoms with E-state index < -0.39 is 0 Å². The van der Waals surface area contributed by atoms with Crippen molar-refractivity contribution in [2.75, 3.05) is 13.7 Å². The van der Waals surface area contributed by atoms with Crippen molar-refractivity contribution >= 4 is 22.9 Å². The highest BCUT2D eigenvalue weighted by Crippen LogP contribution is 2.38. The van der Waals surface area contributed by atoms with Crippen molar-refractivity contribution in [3.63, 3.8) is 0 Å². The van der Waals surface area contributed by atoms with Crippen molar-refractivity contribution in [2.24, 2.45) is 5.92 Å². The molecule has 1 N–H and O–H groups in total. The quantitative estimate of drug-likeness (QED) is 0.448. The molecule has 0 saturated carbocycles. The summed E-state index contributed by atoms with van der Waals surface area (Å²) in [6.45, 7) is 9.38. The average Bonchev–Trinajstić information content (AvgIpc) is 3.28. The highest BCUT2D eigenvalue weighted by molar-refractivity contribution is 7.80. The van der Waals surface area contributed by atoms with Crippen LogP contribution in [0.2, 0.25) is 0 Å². The highest BCUT2D eigenvalue weighted by atomic mass is 32.1. The zero-order chi connectivity index (χ0) is 23.5. The number of thiocarbonyl (C=S) groups is 1. The van der Waals surface area contributed by atoms with Gasteiger partial charge in [0.1, 0.15) is 5.75 Å². The van der Waals surface area contributed by atoms with Crippen molar-refractivity contribution in [3.05, 3.63) is 71.2 Å². The monoisotopic (exact) mass is 462 g/mol. The molecule has 0 spiro atoms. The van der Waals surface area contributed by atoms with E-state index in [2.05, 4.69) is 61.3 Å². The maximum absolute atomic E-state index is 5.83. The van der Waals surface area contributed by atoms with Gasteiger partial charge in [0, 0.05) is 17.8 Å². The maximum atomic E-state index is 5.83. The van der Waals surface area contributed by atoms with Gasteiger partial charge in [0.15, 0.2) is 5.11 Å². The average molecular weight is 463 g/mol. The Morgan fingerprint density at radius 2 is 1.94 bits per heavy atom. The van der Waals surface area contributed by atoms with Gasteiger partial charge in [0.05, 0.1) is 18.7 Å². The number of hydrogen-bond acceptors (Lipinski definition) is 5. The molecule has 33 heavy (non-hydrogen) atoms. The summed E-state index contributed by atoms with van der Waals surface area (Å²) in [4.78, 5) is 6.93. The predicted octanol–water partition coefficient (Wildman–Crippen LogP) is 5.76. The van der Waals surface area contributed by atoms with E-state index in [4.69, 9.17) is 26.5 Å². The molecule has 6 nitrogen and oxygen atoms in total. The number of ether oxygens (including phenoxy) is 1. The van der Waals surface area contributed by atoms with Crippen molar-refractivity contribution in [1.29, 1.82) is 0 Å². The van der Waals surface area contributed by atoms with Gasteiger partial charge in [0.25, 0.3) is 5.89 Å². The van der Waals surface area contributed by atoms with Crippen LogP contribution in [0.3, 0.4) is 0 Å². The molecule has 2 aromatic carbocycles. The second kappa shape index (κ2) is 9.75. The van der Waals surface area contributed by atoms with Crippen LogP contribution in [0.5, 0.6) is 5.75 Å². The minimum atomic E-state index is -0.228. The summed E-state index contributed by atoms with van der Waals surface area (Å²) in [5.74, 6) is 2.41.